The molecule has 0 aromatic carbocycles. The molecule has 0 bridgehead atoms. The molecule has 1 radical (unpaired) electrons. The fourth-order valence-corrected chi connectivity index (χ4v) is 0.139. The van der Waals surface area contributed by atoms with Crippen molar-refractivity contribution in [1.29, 1.82) is 0 Å². The molecule has 0 saturated heterocycles. The van der Waals surface area contributed by atoms with Crippen LogP contribution in [-0.4, -0.2) is 26.3 Å². The molecule has 0 aliphatic carbocycles. The van der Waals surface area contributed by atoms with E-state index in [1.807, 2.05) is 0 Å². The fourth-order valence-electron chi connectivity index (χ4n) is 0.139. The Labute approximate surface area is 93.8 Å². The number of aliphatic imine (C=N–C) groups is 1. The maximum Gasteiger partial charge on any atom is 0.324 e. The van der Waals surface area contributed by atoms with Crippen molar-refractivity contribution < 1.29 is 63.3 Å². The zero-order chi connectivity index (χ0) is 5.70. The van der Waals surface area contributed by atoms with E-state index in [-0.39, 0.29) is 60.3 Å². The summed E-state index contributed by atoms with van der Waals surface area (Å²) in [4.78, 5) is 13.0. The Kier molecular flexibility index (Phi) is 21.4. The molecule has 0 aliphatic rings. The molecule has 0 aromatic heterocycles. The Bertz CT molecular complexity index is 88.6. The topological polar surface area (TPSA) is 38.7 Å². The van der Waals surface area contributed by atoms with Gasteiger partial charge in [0.2, 0.25) is 0 Å². The molecule has 0 rings (SSSR count). The van der Waals surface area contributed by atoms with Crippen molar-refractivity contribution in [2.24, 2.45) is 4.99 Å². The second kappa shape index (κ2) is 11.7. The second-order valence-corrected chi connectivity index (χ2v) is 0.917. The van der Waals surface area contributed by atoms with Crippen molar-refractivity contribution in [3.63, 3.8) is 0 Å². The van der Waals surface area contributed by atoms with Gasteiger partial charge < -0.3 is 16.4 Å². The molecule has 5 heteroatoms. The van der Waals surface area contributed by atoms with Gasteiger partial charge in [0.1, 0.15) is 0 Å². The van der Waals surface area contributed by atoms with Gasteiger partial charge >= 0.3 is 5.97 Å². The van der Waals surface area contributed by atoms with Crippen molar-refractivity contribution in [3.05, 3.63) is 0 Å². The normalized spacial score (nSPS) is 5.89. The van der Waals surface area contributed by atoms with Gasteiger partial charge in [0.15, 0.2) is 0 Å². The van der Waals surface area contributed by atoms with Crippen LogP contribution in [0.4, 0.5) is 0 Å². The van der Waals surface area contributed by atoms with E-state index in [1.54, 1.807) is 0 Å². The summed E-state index contributed by atoms with van der Waals surface area (Å²) in [6.07, 6.45) is 0. The maximum atomic E-state index is 10.0. The molecule has 0 N–H and O–H groups in total. The van der Waals surface area contributed by atoms with E-state index in [1.165, 1.54) is 7.11 Å². The summed E-state index contributed by atoms with van der Waals surface area (Å²) in [6.45, 7) is 4.57. The van der Waals surface area contributed by atoms with Crippen LogP contribution in [0, 0.1) is 0 Å². The third kappa shape index (κ3) is 12.2. The second-order valence-electron chi connectivity index (χ2n) is 0.917. The van der Waals surface area contributed by atoms with Gasteiger partial charge in [-0.15, -0.1) is 0 Å². The first-order valence-corrected chi connectivity index (χ1v) is 1.74. The summed E-state index contributed by atoms with van der Waals surface area (Å²) < 4.78 is 4.18. The zero-order valence-electron chi connectivity index (χ0n) is 5.03. The molecule has 0 aliphatic heterocycles. The van der Waals surface area contributed by atoms with Crippen molar-refractivity contribution >= 4 is 12.7 Å². The first-order chi connectivity index (χ1) is 3.31. The number of carbonyl (C=O) groups is 1. The molecule has 49 valence electrons. The molecular formula is C4H6NO2WY-. The summed E-state index contributed by atoms with van der Waals surface area (Å²) in [5, 5.41) is 0. The van der Waals surface area contributed by atoms with Gasteiger partial charge in [-0.25, -0.2) is 0 Å². The number of esters is 1. The molecule has 0 unspecified atom stereocenters. The van der Waals surface area contributed by atoms with Crippen LogP contribution in [0.15, 0.2) is 4.99 Å². The molecular weight excluding hydrogens is 367 g/mol. The van der Waals surface area contributed by atoms with E-state index in [9.17, 15) is 4.79 Å². The maximum absolute atomic E-state index is 10.0. The Hall–Kier alpha value is 0.932. The summed E-state index contributed by atoms with van der Waals surface area (Å²) in [5.74, 6) is -0.414. The molecule has 0 amide bonds. The monoisotopic (exact) mass is 373 g/mol. The van der Waals surface area contributed by atoms with Crippen LogP contribution in [0.5, 0.6) is 0 Å². The minimum atomic E-state index is -0.414. The van der Waals surface area contributed by atoms with Crippen molar-refractivity contribution in [1.82, 2.24) is 0 Å². The zero-order valence-corrected chi connectivity index (χ0v) is 10.8. The average Bonchev–Trinajstić information content (AvgIpc) is 1.68. The predicted molar refractivity (Wildman–Crippen MR) is 25.4 cm³/mol. The van der Waals surface area contributed by atoms with E-state index < -0.39 is 5.97 Å². The first kappa shape index (κ1) is 16.5. The Morgan fingerprint density at radius 2 is 2.22 bits per heavy atom. The average molecular weight is 373 g/mol. The Morgan fingerprint density at radius 1 is 1.78 bits per heavy atom. The van der Waals surface area contributed by atoms with Gasteiger partial charge in [0, 0.05) is 53.8 Å². The predicted octanol–water partition coefficient (Wildman–Crippen LogP) is -0.268. The number of hydrogen-bond donors (Lipinski definition) is 0. The summed E-state index contributed by atoms with van der Waals surface area (Å²) >= 11 is 0. The third-order valence-electron chi connectivity index (χ3n) is 0.448. The van der Waals surface area contributed by atoms with Crippen LogP contribution in [0.1, 0.15) is 0 Å². The van der Waals surface area contributed by atoms with Gasteiger partial charge in [0.05, 0.1) is 13.7 Å². The molecule has 0 atom stereocenters. The summed E-state index contributed by atoms with van der Waals surface area (Å²) in [7, 11) is 1.29. The Morgan fingerprint density at radius 3 is 2.33 bits per heavy atom. The van der Waals surface area contributed by atoms with Crippen molar-refractivity contribution in [3.8, 4) is 0 Å². The van der Waals surface area contributed by atoms with Gasteiger partial charge in [-0.05, 0) is 0 Å². The number of carbonyl (C=O) groups excluding carboxylic acids is 1. The van der Waals surface area contributed by atoms with E-state index >= 15 is 0 Å². The van der Waals surface area contributed by atoms with Gasteiger partial charge in [-0.3, -0.25) is 4.79 Å². The smallest absolute Gasteiger partial charge is 0.324 e. The van der Waals surface area contributed by atoms with Crippen molar-refractivity contribution in [2.75, 3.05) is 13.7 Å². The molecule has 0 saturated carbocycles. The molecule has 0 spiro atoms. The third-order valence-corrected chi connectivity index (χ3v) is 0.448. The van der Waals surface area contributed by atoms with Crippen LogP contribution >= 0.6 is 0 Å². The quantitative estimate of drug-likeness (QED) is 0.380. The van der Waals surface area contributed by atoms with Gasteiger partial charge in [-0.2, -0.15) is 0 Å². The number of hydrogen-bond acceptors (Lipinski definition) is 3. The minimum absolute atomic E-state index is 0. The Balaban J connectivity index is -0.000000180. The van der Waals surface area contributed by atoms with Crippen LogP contribution in [0.25, 0.3) is 0 Å². The summed E-state index contributed by atoms with van der Waals surface area (Å²) in [5.41, 5.74) is 0. The van der Waals surface area contributed by atoms with E-state index in [4.69, 9.17) is 0 Å². The van der Waals surface area contributed by atoms with Crippen LogP contribution < -0.4 is 0 Å². The van der Waals surface area contributed by atoms with E-state index in [2.05, 4.69) is 16.4 Å². The summed E-state index contributed by atoms with van der Waals surface area (Å²) in [6, 6.07) is 0. The fraction of sp³-hybridized carbons (Fsp3) is 0.500. The number of rotatable bonds is 2. The van der Waals surface area contributed by atoms with E-state index in [0.717, 1.165) is 0 Å². The molecule has 0 aromatic rings. The SMILES string of the molecule is [CH-]=NCC(=O)OC.[W].[Y]. The van der Waals surface area contributed by atoms with E-state index in [0.29, 0.717) is 0 Å². The number of ether oxygens (including phenoxy) is 1. The van der Waals surface area contributed by atoms with Crippen LogP contribution in [-0.2, 0) is 63.3 Å². The van der Waals surface area contributed by atoms with Crippen molar-refractivity contribution in [2.45, 2.75) is 0 Å². The molecule has 0 fully saturated rings. The largest absolute Gasteiger partial charge is 0.497 e. The van der Waals surface area contributed by atoms with Gasteiger partial charge in [-0.1, -0.05) is 0 Å². The molecule has 0 heterocycles. The number of nitrogens with zero attached hydrogens (tertiary/aromatic N) is 1. The number of methoxy groups -OCH3 is 1. The first-order valence-electron chi connectivity index (χ1n) is 1.74. The van der Waals surface area contributed by atoms with Gasteiger partial charge in [0.25, 0.3) is 0 Å². The van der Waals surface area contributed by atoms with Crippen LogP contribution in [0.3, 0.4) is 0 Å². The molecule has 9 heavy (non-hydrogen) atoms. The standard InChI is InChI=1S/C4H6NO2.W.Y/c1-5-3-4(6)7-2;;/h1H,3H2,2H3;;/q-1;;. The minimum Gasteiger partial charge on any atom is -0.497 e. The molecule has 3 nitrogen and oxygen atoms in total. The van der Waals surface area contributed by atoms with Crippen LogP contribution in [0.2, 0.25) is 0 Å².